The maximum atomic E-state index is 13.0. The molecule has 144 valence electrons. The summed E-state index contributed by atoms with van der Waals surface area (Å²) < 4.78 is 5.30. The van der Waals surface area contributed by atoms with E-state index in [1.807, 2.05) is 49.4 Å². The first-order valence-corrected chi connectivity index (χ1v) is 9.12. The average Bonchev–Trinajstić information content (AvgIpc) is 3.43. The molecule has 0 radical (unpaired) electrons. The number of aromatic nitrogens is 2. The summed E-state index contributed by atoms with van der Waals surface area (Å²) >= 11 is 0. The summed E-state index contributed by atoms with van der Waals surface area (Å²) in [4.78, 5) is 31.3. The van der Waals surface area contributed by atoms with Crippen molar-refractivity contribution >= 4 is 17.5 Å². The van der Waals surface area contributed by atoms with E-state index >= 15 is 0 Å². The standard InChI is InChI=1S/C20H16N6O3/c1-12-7-9-14(10-8-12)26-19(27)16-17(20(26)28)25(24-22-16)11-15-21-18(23-29-15)13-5-3-2-4-6-13/h2-10,16-17H,11H2,1H3/t16-,17-/m1/s1. The van der Waals surface area contributed by atoms with E-state index in [9.17, 15) is 9.59 Å². The van der Waals surface area contributed by atoms with Crippen LogP contribution < -0.4 is 4.90 Å². The van der Waals surface area contributed by atoms with Gasteiger partial charge in [-0.25, -0.2) is 4.90 Å². The van der Waals surface area contributed by atoms with Gasteiger partial charge in [0.2, 0.25) is 11.7 Å². The number of carbonyl (C=O) groups excluding carboxylic acids is 2. The number of aryl methyl sites for hydroxylation is 1. The number of carbonyl (C=O) groups is 2. The van der Waals surface area contributed by atoms with Crippen LogP contribution in [0.3, 0.4) is 0 Å². The maximum absolute atomic E-state index is 13.0. The third kappa shape index (κ3) is 2.87. The lowest BCUT2D eigenvalue weighted by molar-refractivity contribution is -0.123. The van der Waals surface area contributed by atoms with Gasteiger partial charge >= 0.3 is 0 Å². The molecule has 1 fully saturated rings. The molecule has 1 aromatic heterocycles. The Morgan fingerprint density at radius 3 is 2.52 bits per heavy atom. The average molecular weight is 388 g/mol. The van der Waals surface area contributed by atoms with Gasteiger partial charge in [-0.2, -0.15) is 10.1 Å². The van der Waals surface area contributed by atoms with Gasteiger partial charge in [-0.05, 0) is 19.1 Å². The first-order valence-electron chi connectivity index (χ1n) is 9.12. The molecule has 0 spiro atoms. The second-order valence-corrected chi connectivity index (χ2v) is 6.92. The molecule has 2 amide bonds. The molecule has 9 nitrogen and oxygen atoms in total. The third-order valence-electron chi connectivity index (χ3n) is 4.95. The second kappa shape index (κ2) is 6.62. The maximum Gasteiger partial charge on any atom is 0.263 e. The largest absolute Gasteiger partial charge is 0.337 e. The lowest BCUT2D eigenvalue weighted by Crippen LogP contribution is -2.39. The normalized spacial score (nSPS) is 20.6. The van der Waals surface area contributed by atoms with Crippen molar-refractivity contribution in [1.29, 1.82) is 0 Å². The van der Waals surface area contributed by atoms with Gasteiger partial charge in [-0.3, -0.25) is 14.6 Å². The van der Waals surface area contributed by atoms with Crippen LogP contribution >= 0.6 is 0 Å². The molecule has 1 saturated heterocycles. The van der Waals surface area contributed by atoms with Crippen LogP contribution in [0.5, 0.6) is 0 Å². The molecule has 29 heavy (non-hydrogen) atoms. The summed E-state index contributed by atoms with van der Waals surface area (Å²) in [6.45, 7) is 2.03. The van der Waals surface area contributed by atoms with Crippen LogP contribution in [0.15, 0.2) is 69.5 Å². The molecule has 0 bridgehead atoms. The molecule has 2 aliphatic rings. The number of hydrogen-bond donors (Lipinski definition) is 0. The smallest absolute Gasteiger partial charge is 0.263 e. The molecule has 2 aromatic carbocycles. The SMILES string of the molecule is Cc1ccc(N2C(=O)[C@@H]3N=NN(Cc4nc(-c5ccccc5)no4)[C@H]3C2=O)cc1. The molecule has 2 atom stereocenters. The first-order chi connectivity index (χ1) is 14.1. The van der Waals surface area contributed by atoms with E-state index in [-0.39, 0.29) is 24.2 Å². The highest BCUT2D eigenvalue weighted by Gasteiger charge is 2.55. The summed E-state index contributed by atoms with van der Waals surface area (Å²) in [5.41, 5.74) is 2.39. The summed E-state index contributed by atoms with van der Waals surface area (Å²) in [5.74, 6) is -0.0110. The lowest BCUT2D eigenvalue weighted by atomic mass is 10.1. The molecule has 5 rings (SSSR count). The van der Waals surface area contributed by atoms with E-state index in [4.69, 9.17) is 4.52 Å². The fourth-order valence-electron chi connectivity index (χ4n) is 3.46. The van der Waals surface area contributed by atoms with Gasteiger partial charge in [-0.15, -0.1) is 0 Å². The Hall–Kier alpha value is -3.88. The molecule has 9 heteroatoms. The fourth-order valence-corrected chi connectivity index (χ4v) is 3.46. The Balaban J connectivity index is 1.37. The highest BCUT2D eigenvalue weighted by molar-refractivity contribution is 6.25. The van der Waals surface area contributed by atoms with Crippen molar-refractivity contribution in [3.05, 3.63) is 66.1 Å². The van der Waals surface area contributed by atoms with Crippen molar-refractivity contribution < 1.29 is 14.1 Å². The highest BCUT2D eigenvalue weighted by atomic mass is 16.5. The van der Waals surface area contributed by atoms with Gasteiger partial charge < -0.3 is 4.52 Å². The van der Waals surface area contributed by atoms with Crippen LogP contribution in [-0.2, 0) is 16.1 Å². The van der Waals surface area contributed by atoms with Gasteiger partial charge in [0.05, 0.1) is 5.69 Å². The quantitative estimate of drug-likeness (QED) is 0.636. The fraction of sp³-hybridized carbons (Fsp3) is 0.200. The van der Waals surface area contributed by atoms with E-state index in [2.05, 4.69) is 20.5 Å². The van der Waals surface area contributed by atoms with E-state index < -0.39 is 12.1 Å². The van der Waals surface area contributed by atoms with Gasteiger partial charge in [0.1, 0.15) is 6.54 Å². The summed E-state index contributed by atoms with van der Waals surface area (Å²) in [5, 5.41) is 13.4. The number of imide groups is 1. The van der Waals surface area contributed by atoms with Crippen LogP contribution in [-0.4, -0.2) is 39.0 Å². The van der Waals surface area contributed by atoms with E-state index in [0.717, 1.165) is 11.1 Å². The molecular weight excluding hydrogens is 372 g/mol. The third-order valence-corrected chi connectivity index (χ3v) is 4.95. The Labute approximate surface area is 165 Å². The van der Waals surface area contributed by atoms with E-state index in [1.54, 1.807) is 12.1 Å². The van der Waals surface area contributed by atoms with Gasteiger partial charge in [0, 0.05) is 5.56 Å². The zero-order valence-corrected chi connectivity index (χ0v) is 15.5. The van der Waals surface area contributed by atoms with Crippen molar-refractivity contribution in [3.63, 3.8) is 0 Å². The first kappa shape index (κ1) is 17.2. The van der Waals surface area contributed by atoms with Crippen LogP contribution in [0.4, 0.5) is 5.69 Å². The lowest BCUT2D eigenvalue weighted by Gasteiger charge is -2.19. The van der Waals surface area contributed by atoms with E-state index in [1.165, 1.54) is 9.91 Å². The highest BCUT2D eigenvalue weighted by Crippen LogP contribution is 2.32. The van der Waals surface area contributed by atoms with Crippen LogP contribution in [0, 0.1) is 6.92 Å². The topological polar surface area (TPSA) is 104 Å². The van der Waals surface area contributed by atoms with Crippen molar-refractivity contribution in [2.45, 2.75) is 25.6 Å². The number of hydrogen-bond acceptors (Lipinski definition) is 8. The van der Waals surface area contributed by atoms with Gasteiger partial charge in [-0.1, -0.05) is 58.4 Å². The number of nitrogens with zero attached hydrogens (tertiary/aromatic N) is 6. The van der Waals surface area contributed by atoms with Crippen LogP contribution in [0.1, 0.15) is 11.5 Å². The molecule has 3 heterocycles. The number of amides is 2. The molecule has 2 aliphatic heterocycles. The molecular formula is C20H16N6O3. The summed E-state index contributed by atoms with van der Waals surface area (Å²) in [6.07, 6.45) is 0. The minimum absolute atomic E-state index is 0.0885. The zero-order valence-electron chi connectivity index (χ0n) is 15.5. The summed E-state index contributed by atoms with van der Waals surface area (Å²) in [7, 11) is 0. The van der Waals surface area contributed by atoms with Gasteiger partial charge in [0.15, 0.2) is 12.1 Å². The minimum atomic E-state index is -0.861. The van der Waals surface area contributed by atoms with Gasteiger partial charge in [0.25, 0.3) is 11.8 Å². The number of benzene rings is 2. The zero-order chi connectivity index (χ0) is 20.0. The molecule has 0 aliphatic carbocycles. The number of rotatable bonds is 4. The Bertz CT molecular complexity index is 1110. The Kier molecular flexibility index (Phi) is 3.94. The monoisotopic (exact) mass is 388 g/mol. The number of fused-ring (bicyclic) bond motifs is 1. The Morgan fingerprint density at radius 2 is 1.76 bits per heavy atom. The minimum Gasteiger partial charge on any atom is -0.337 e. The second-order valence-electron chi connectivity index (χ2n) is 6.92. The summed E-state index contributed by atoms with van der Waals surface area (Å²) in [6, 6.07) is 14.9. The molecule has 0 unspecified atom stereocenters. The van der Waals surface area contributed by atoms with Crippen molar-refractivity contribution in [1.82, 2.24) is 15.1 Å². The number of anilines is 1. The molecule has 0 saturated carbocycles. The van der Waals surface area contributed by atoms with Crippen LogP contribution in [0.2, 0.25) is 0 Å². The Morgan fingerprint density at radius 1 is 1.00 bits per heavy atom. The predicted octanol–water partition coefficient (Wildman–Crippen LogP) is 2.54. The van der Waals surface area contributed by atoms with Crippen LogP contribution in [0.25, 0.3) is 11.4 Å². The van der Waals surface area contributed by atoms with E-state index in [0.29, 0.717) is 11.5 Å². The molecule has 0 N–H and O–H groups in total. The van der Waals surface area contributed by atoms with Crippen molar-refractivity contribution in [2.24, 2.45) is 10.3 Å². The predicted molar refractivity (Wildman–Crippen MR) is 101 cm³/mol. The molecule has 3 aromatic rings. The van der Waals surface area contributed by atoms with Crippen molar-refractivity contribution in [3.8, 4) is 11.4 Å². The van der Waals surface area contributed by atoms with Crippen molar-refractivity contribution in [2.75, 3.05) is 4.90 Å².